The molecule has 1 heterocycles. The zero-order valence-corrected chi connectivity index (χ0v) is 14.3. The van der Waals surface area contributed by atoms with Crippen molar-refractivity contribution in [1.82, 2.24) is 0 Å². The first kappa shape index (κ1) is 17.4. The summed E-state index contributed by atoms with van der Waals surface area (Å²) < 4.78 is 28.4. The minimum atomic E-state index is -0.661. The SMILES string of the molecule is CCC(=O)C1(c2ccccc2)CCN(c2c(F)cc(N)cc2F)CC1. The van der Waals surface area contributed by atoms with Crippen molar-refractivity contribution in [2.45, 2.75) is 31.6 Å². The van der Waals surface area contributed by atoms with Gasteiger partial charge in [0.15, 0.2) is 11.6 Å². The fraction of sp³-hybridized carbons (Fsp3) is 0.350. The maximum Gasteiger partial charge on any atom is 0.151 e. The van der Waals surface area contributed by atoms with Gasteiger partial charge in [-0.1, -0.05) is 37.3 Å². The number of anilines is 2. The second-order valence-corrected chi connectivity index (χ2v) is 6.55. The summed E-state index contributed by atoms with van der Waals surface area (Å²) in [5.41, 5.74) is 5.91. The standard InChI is InChI=1S/C20H22F2N2O/c1-2-18(25)20(14-6-4-3-5-7-14)8-10-24(11-9-20)19-16(21)12-15(23)13-17(19)22/h3-7,12-13H,2,8-11,23H2,1H3. The number of nitrogens with zero attached hydrogens (tertiary/aromatic N) is 1. The van der Waals surface area contributed by atoms with Gasteiger partial charge in [0, 0.05) is 25.2 Å². The van der Waals surface area contributed by atoms with E-state index in [-0.39, 0.29) is 17.2 Å². The summed E-state index contributed by atoms with van der Waals surface area (Å²) in [6.45, 7) is 2.69. The fourth-order valence-corrected chi connectivity index (χ4v) is 3.82. The van der Waals surface area contributed by atoms with Crippen molar-refractivity contribution in [2.75, 3.05) is 23.7 Å². The molecule has 5 heteroatoms. The van der Waals surface area contributed by atoms with Crippen molar-refractivity contribution in [3.05, 3.63) is 59.7 Å². The molecule has 1 fully saturated rings. The third-order valence-corrected chi connectivity index (χ3v) is 5.15. The first-order chi connectivity index (χ1) is 12.0. The number of benzene rings is 2. The molecule has 2 N–H and O–H groups in total. The summed E-state index contributed by atoms with van der Waals surface area (Å²) in [5, 5.41) is 0. The molecule has 0 aliphatic carbocycles. The van der Waals surface area contributed by atoms with Crippen molar-refractivity contribution in [2.24, 2.45) is 0 Å². The van der Waals surface area contributed by atoms with Crippen molar-refractivity contribution in [1.29, 1.82) is 0 Å². The number of nitrogens with two attached hydrogens (primary N) is 1. The van der Waals surface area contributed by atoms with Gasteiger partial charge in [-0.25, -0.2) is 8.78 Å². The smallest absolute Gasteiger partial charge is 0.151 e. The number of Topliss-reactive ketones (excluding diaryl/α,β-unsaturated/α-hetero) is 1. The predicted molar refractivity (Wildman–Crippen MR) is 95.6 cm³/mol. The highest BCUT2D eigenvalue weighted by Crippen LogP contribution is 2.39. The van der Waals surface area contributed by atoms with Crippen LogP contribution in [0.3, 0.4) is 0 Å². The zero-order chi connectivity index (χ0) is 18.0. The molecule has 1 aliphatic heterocycles. The molecule has 25 heavy (non-hydrogen) atoms. The monoisotopic (exact) mass is 344 g/mol. The fourth-order valence-electron chi connectivity index (χ4n) is 3.82. The highest BCUT2D eigenvalue weighted by Gasteiger charge is 2.42. The number of ketones is 1. The first-order valence-corrected chi connectivity index (χ1v) is 8.56. The van der Waals surface area contributed by atoms with Gasteiger partial charge in [-0.15, -0.1) is 0 Å². The Morgan fingerprint density at radius 2 is 1.68 bits per heavy atom. The van der Waals surface area contributed by atoms with E-state index in [4.69, 9.17) is 5.73 Å². The Bertz CT molecular complexity index is 746. The molecule has 0 bridgehead atoms. The Morgan fingerprint density at radius 1 is 1.12 bits per heavy atom. The molecule has 132 valence electrons. The quantitative estimate of drug-likeness (QED) is 0.851. The van der Waals surface area contributed by atoms with Crippen LogP contribution in [0.2, 0.25) is 0 Å². The maximum absolute atomic E-state index is 14.2. The van der Waals surface area contributed by atoms with Crippen LogP contribution in [0.4, 0.5) is 20.2 Å². The van der Waals surface area contributed by atoms with E-state index in [1.54, 1.807) is 4.90 Å². The molecule has 0 unspecified atom stereocenters. The van der Waals surface area contributed by atoms with Crippen molar-refractivity contribution >= 4 is 17.2 Å². The first-order valence-electron chi connectivity index (χ1n) is 8.56. The maximum atomic E-state index is 14.2. The topological polar surface area (TPSA) is 46.3 Å². The highest BCUT2D eigenvalue weighted by atomic mass is 19.1. The number of hydrogen-bond acceptors (Lipinski definition) is 3. The van der Waals surface area contributed by atoms with Gasteiger partial charge in [-0.3, -0.25) is 4.79 Å². The summed E-state index contributed by atoms with van der Waals surface area (Å²) in [6, 6.07) is 12.0. The van der Waals surface area contributed by atoms with Crippen LogP contribution >= 0.6 is 0 Å². The molecule has 3 rings (SSSR count). The third-order valence-electron chi connectivity index (χ3n) is 5.15. The molecule has 0 spiro atoms. The molecule has 2 aromatic rings. The lowest BCUT2D eigenvalue weighted by atomic mass is 9.69. The number of carbonyl (C=O) groups excluding carboxylic acids is 1. The van der Waals surface area contributed by atoms with Crippen LogP contribution in [0.25, 0.3) is 0 Å². The lowest BCUT2D eigenvalue weighted by Gasteiger charge is -2.42. The second-order valence-electron chi connectivity index (χ2n) is 6.55. The second kappa shape index (κ2) is 6.82. The minimum Gasteiger partial charge on any atom is -0.399 e. The van der Waals surface area contributed by atoms with Gasteiger partial charge < -0.3 is 10.6 Å². The van der Waals surface area contributed by atoms with E-state index >= 15 is 0 Å². The van der Waals surface area contributed by atoms with Crippen molar-refractivity contribution < 1.29 is 13.6 Å². The molecule has 3 nitrogen and oxygen atoms in total. The van der Waals surface area contributed by atoms with E-state index in [9.17, 15) is 13.6 Å². The van der Waals surface area contributed by atoms with Crippen molar-refractivity contribution in [3.8, 4) is 0 Å². The van der Waals surface area contributed by atoms with Crippen LogP contribution in [0.5, 0.6) is 0 Å². The summed E-state index contributed by atoms with van der Waals surface area (Å²) in [6.07, 6.45) is 1.51. The van der Waals surface area contributed by atoms with E-state index < -0.39 is 17.0 Å². The lowest BCUT2D eigenvalue weighted by molar-refractivity contribution is -0.125. The average molecular weight is 344 g/mol. The van der Waals surface area contributed by atoms with E-state index in [1.807, 2.05) is 37.3 Å². The van der Waals surface area contributed by atoms with Gasteiger partial charge in [-0.05, 0) is 30.5 Å². The van der Waals surface area contributed by atoms with Gasteiger partial charge in [0.05, 0.1) is 5.41 Å². The molecule has 0 atom stereocenters. The van der Waals surface area contributed by atoms with E-state index in [0.29, 0.717) is 32.4 Å². The molecule has 0 amide bonds. The van der Waals surface area contributed by atoms with Crippen LogP contribution in [-0.2, 0) is 10.2 Å². The summed E-state index contributed by atoms with van der Waals surface area (Å²) >= 11 is 0. The molecular weight excluding hydrogens is 322 g/mol. The summed E-state index contributed by atoms with van der Waals surface area (Å²) in [7, 11) is 0. The largest absolute Gasteiger partial charge is 0.399 e. The summed E-state index contributed by atoms with van der Waals surface area (Å²) in [5.74, 6) is -1.14. The summed E-state index contributed by atoms with van der Waals surface area (Å²) in [4.78, 5) is 14.4. The number of nitrogen functional groups attached to an aromatic ring is 1. The number of halogens is 2. The lowest BCUT2D eigenvalue weighted by Crippen LogP contribution is -2.47. The van der Waals surface area contributed by atoms with Gasteiger partial charge in [0.1, 0.15) is 11.5 Å². The predicted octanol–water partition coefficient (Wildman–Crippen LogP) is 4.06. The van der Waals surface area contributed by atoms with E-state index in [2.05, 4.69) is 0 Å². The Hall–Kier alpha value is -2.43. The van der Waals surface area contributed by atoms with Crippen LogP contribution in [0, 0.1) is 11.6 Å². The molecule has 1 saturated heterocycles. The van der Waals surface area contributed by atoms with Crippen LogP contribution in [0.15, 0.2) is 42.5 Å². The van der Waals surface area contributed by atoms with E-state index in [0.717, 1.165) is 17.7 Å². The van der Waals surface area contributed by atoms with Crippen LogP contribution in [-0.4, -0.2) is 18.9 Å². The molecule has 0 saturated carbocycles. The van der Waals surface area contributed by atoms with E-state index in [1.165, 1.54) is 0 Å². The number of hydrogen-bond donors (Lipinski definition) is 1. The number of rotatable bonds is 4. The minimum absolute atomic E-state index is 0.0557. The Labute approximate surface area is 146 Å². The van der Waals surface area contributed by atoms with Gasteiger partial charge in [-0.2, -0.15) is 0 Å². The molecular formula is C20H22F2N2O. The average Bonchev–Trinajstić information content (AvgIpc) is 2.61. The normalized spacial score (nSPS) is 16.7. The Morgan fingerprint density at radius 3 is 2.20 bits per heavy atom. The van der Waals surface area contributed by atoms with Crippen LogP contribution < -0.4 is 10.6 Å². The number of piperidine rings is 1. The molecule has 0 aromatic heterocycles. The van der Waals surface area contributed by atoms with Crippen molar-refractivity contribution in [3.63, 3.8) is 0 Å². The number of carbonyl (C=O) groups is 1. The van der Waals surface area contributed by atoms with Gasteiger partial charge in [0.2, 0.25) is 0 Å². The molecule has 2 aromatic carbocycles. The van der Waals surface area contributed by atoms with Crippen LogP contribution in [0.1, 0.15) is 31.7 Å². The highest BCUT2D eigenvalue weighted by molar-refractivity contribution is 5.90. The third kappa shape index (κ3) is 3.11. The van der Waals surface area contributed by atoms with Gasteiger partial charge in [0.25, 0.3) is 0 Å². The molecule has 0 radical (unpaired) electrons. The Balaban J connectivity index is 1.90. The molecule has 1 aliphatic rings. The zero-order valence-electron chi connectivity index (χ0n) is 14.3. The van der Waals surface area contributed by atoms with Gasteiger partial charge >= 0.3 is 0 Å². The Kier molecular flexibility index (Phi) is 4.75.